The Morgan fingerprint density at radius 3 is 2.15 bits per heavy atom. The Morgan fingerprint density at radius 2 is 1.65 bits per heavy atom. The number of rotatable bonds is 4. The van der Waals surface area contributed by atoms with Crippen LogP contribution in [0.3, 0.4) is 0 Å². The van der Waals surface area contributed by atoms with E-state index >= 15 is 0 Å². The first kappa shape index (κ1) is 14.4. The summed E-state index contributed by atoms with van der Waals surface area (Å²) >= 11 is 0. The van der Waals surface area contributed by atoms with Gasteiger partial charge in [-0.15, -0.1) is 5.73 Å². The van der Waals surface area contributed by atoms with E-state index < -0.39 is 0 Å². The van der Waals surface area contributed by atoms with Crippen molar-refractivity contribution in [2.45, 2.75) is 27.0 Å². The molecule has 0 atom stereocenters. The fraction of sp³-hybridized carbons (Fsp3) is 0.312. The number of hydrogen-bond acceptors (Lipinski definition) is 2. The summed E-state index contributed by atoms with van der Waals surface area (Å²) in [7, 11) is 2.05. The highest BCUT2D eigenvalue weighted by atomic mass is 16.2. The third-order valence-electron chi connectivity index (χ3n) is 3.21. The SMILES string of the molecule is C[B]CC(C)=C=C(C)CN1C(=O)c2ccccc2C1=O. The maximum atomic E-state index is 12.2. The zero-order valence-corrected chi connectivity index (χ0v) is 12.1. The molecule has 1 aromatic carbocycles. The lowest BCUT2D eigenvalue weighted by Gasteiger charge is -2.13. The molecule has 0 saturated carbocycles. The minimum absolute atomic E-state index is 0.216. The molecule has 0 N–H and O–H groups in total. The van der Waals surface area contributed by atoms with Crippen molar-refractivity contribution < 1.29 is 9.59 Å². The molecule has 101 valence electrons. The molecule has 1 heterocycles. The van der Waals surface area contributed by atoms with Crippen molar-refractivity contribution in [2.24, 2.45) is 0 Å². The fourth-order valence-electron chi connectivity index (χ4n) is 2.38. The number of nitrogens with zero attached hydrogens (tertiary/aromatic N) is 1. The van der Waals surface area contributed by atoms with Gasteiger partial charge in [-0.1, -0.05) is 25.3 Å². The third-order valence-corrected chi connectivity index (χ3v) is 3.21. The number of hydrogen-bond donors (Lipinski definition) is 0. The second kappa shape index (κ2) is 5.93. The van der Waals surface area contributed by atoms with E-state index in [-0.39, 0.29) is 11.8 Å². The highest BCUT2D eigenvalue weighted by Crippen LogP contribution is 2.23. The molecule has 0 spiro atoms. The van der Waals surface area contributed by atoms with Crippen LogP contribution in [0.2, 0.25) is 13.1 Å². The van der Waals surface area contributed by atoms with Crippen LogP contribution in [0.25, 0.3) is 0 Å². The number of carbonyl (C=O) groups is 2. The van der Waals surface area contributed by atoms with Gasteiger partial charge in [0.2, 0.25) is 0 Å². The largest absolute Gasteiger partial charge is 0.270 e. The molecule has 2 rings (SSSR count). The maximum Gasteiger partial charge on any atom is 0.261 e. The van der Waals surface area contributed by atoms with Crippen LogP contribution in [0.4, 0.5) is 0 Å². The lowest BCUT2D eigenvalue weighted by Crippen LogP contribution is -2.31. The second-order valence-corrected chi connectivity index (χ2v) is 5.04. The van der Waals surface area contributed by atoms with Gasteiger partial charge in [-0.25, -0.2) is 0 Å². The monoisotopic (exact) mass is 266 g/mol. The average molecular weight is 266 g/mol. The summed E-state index contributed by atoms with van der Waals surface area (Å²) in [5.41, 5.74) is 6.20. The topological polar surface area (TPSA) is 37.4 Å². The summed E-state index contributed by atoms with van der Waals surface area (Å²) in [6, 6.07) is 6.94. The first-order chi connectivity index (χ1) is 9.54. The van der Waals surface area contributed by atoms with Crippen molar-refractivity contribution in [1.29, 1.82) is 0 Å². The molecule has 0 fully saturated rings. The number of carbonyl (C=O) groups excluding carboxylic acids is 2. The normalized spacial score (nSPS) is 13.1. The smallest absolute Gasteiger partial charge is 0.261 e. The Bertz CT molecular complexity index is 592. The van der Waals surface area contributed by atoms with Crippen LogP contribution in [0.5, 0.6) is 0 Å². The molecule has 1 aliphatic rings. The van der Waals surface area contributed by atoms with E-state index in [9.17, 15) is 9.59 Å². The summed E-state index contributed by atoms with van der Waals surface area (Å²) in [6.07, 6.45) is 0.861. The molecule has 0 saturated heterocycles. The van der Waals surface area contributed by atoms with Gasteiger partial charge in [-0.2, -0.15) is 0 Å². The van der Waals surface area contributed by atoms with Gasteiger partial charge in [0.15, 0.2) is 0 Å². The standard InChI is InChI=1S/C16H17BNO2/c1-11(9-17-3)8-12(2)10-18-15(19)13-6-4-5-7-14(13)16(18)20/h4-7H,9-10H2,1-3H3. The van der Waals surface area contributed by atoms with E-state index in [2.05, 4.69) is 13.0 Å². The van der Waals surface area contributed by atoms with Crippen molar-refractivity contribution in [3.8, 4) is 0 Å². The van der Waals surface area contributed by atoms with E-state index in [1.54, 1.807) is 24.3 Å². The van der Waals surface area contributed by atoms with Gasteiger partial charge < -0.3 is 0 Å². The van der Waals surface area contributed by atoms with Crippen molar-refractivity contribution in [3.05, 3.63) is 52.3 Å². The summed E-state index contributed by atoms with van der Waals surface area (Å²) in [5, 5.41) is 0. The summed E-state index contributed by atoms with van der Waals surface area (Å²) in [4.78, 5) is 25.7. The molecule has 1 radical (unpaired) electrons. The van der Waals surface area contributed by atoms with Gasteiger partial charge in [0, 0.05) is 0 Å². The molecule has 20 heavy (non-hydrogen) atoms. The molecule has 0 bridgehead atoms. The van der Waals surface area contributed by atoms with Crippen LogP contribution >= 0.6 is 0 Å². The lowest BCUT2D eigenvalue weighted by atomic mass is 9.75. The first-order valence-electron chi connectivity index (χ1n) is 6.69. The van der Waals surface area contributed by atoms with E-state index in [1.165, 1.54) is 4.90 Å². The van der Waals surface area contributed by atoms with Crippen molar-refractivity contribution in [3.63, 3.8) is 0 Å². The maximum absolute atomic E-state index is 12.2. The number of amides is 2. The summed E-state index contributed by atoms with van der Waals surface area (Å²) < 4.78 is 0. The Hall–Kier alpha value is -2.06. The molecular weight excluding hydrogens is 249 g/mol. The molecule has 4 heteroatoms. The minimum Gasteiger partial charge on any atom is -0.270 e. The lowest BCUT2D eigenvalue weighted by molar-refractivity contribution is 0.0668. The zero-order valence-electron chi connectivity index (χ0n) is 12.1. The van der Waals surface area contributed by atoms with Crippen molar-refractivity contribution in [2.75, 3.05) is 6.54 Å². The molecule has 1 aromatic rings. The van der Waals surface area contributed by atoms with Gasteiger partial charge in [0.05, 0.1) is 17.7 Å². The van der Waals surface area contributed by atoms with Gasteiger partial charge in [0.1, 0.15) is 7.28 Å². The Kier molecular flexibility index (Phi) is 4.26. The number of fused-ring (bicyclic) bond motifs is 1. The Balaban J connectivity index is 2.23. The third kappa shape index (κ3) is 2.76. The molecule has 1 aliphatic heterocycles. The average Bonchev–Trinajstić information content (AvgIpc) is 2.65. The Labute approximate surface area is 120 Å². The van der Waals surface area contributed by atoms with Crippen LogP contribution in [-0.2, 0) is 0 Å². The van der Waals surface area contributed by atoms with Gasteiger partial charge in [-0.3, -0.25) is 14.5 Å². The number of benzene rings is 1. The van der Waals surface area contributed by atoms with Gasteiger partial charge >= 0.3 is 0 Å². The molecule has 0 aromatic heterocycles. The minimum atomic E-state index is -0.216. The second-order valence-electron chi connectivity index (χ2n) is 5.04. The molecule has 0 aliphatic carbocycles. The van der Waals surface area contributed by atoms with E-state index in [1.807, 2.05) is 20.7 Å². The number of imide groups is 1. The van der Waals surface area contributed by atoms with Crippen LogP contribution in [0.1, 0.15) is 34.6 Å². The quantitative estimate of drug-likeness (QED) is 0.477. The molecular formula is C16H17BNO2. The van der Waals surface area contributed by atoms with Crippen molar-refractivity contribution in [1.82, 2.24) is 4.90 Å². The van der Waals surface area contributed by atoms with E-state index in [0.717, 1.165) is 17.5 Å². The van der Waals surface area contributed by atoms with Crippen LogP contribution in [0.15, 0.2) is 41.1 Å². The first-order valence-corrected chi connectivity index (χ1v) is 6.69. The van der Waals surface area contributed by atoms with E-state index in [4.69, 9.17) is 0 Å². The highest BCUT2D eigenvalue weighted by molar-refractivity contribution is 6.34. The van der Waals surface area contributed by atoms with Gasteiger partial charge in [0.25, 0.3) is 11.8 Å². The van der Waals surface area contributed by atoms with E-state index in [0.29, 0.717) is 17.7 Å². The van der Waals surface area contributed by atoms with Crippen LogP contribution < -0.4 is 0 Å². The van der Waals surface area contributed by atoms with Crippen molar-refractivity contribution >= 4 is 19.1 Å². The fourth-order valence-corrected chi connectivity index (χ4v) is 2.38. The summed E-state index contributed by atoms with van der Waals surface area (Å²) in [6.45, 7) is 6.17. The predicted molar refractivity (Wildman–Crippen MR) is 80.1 cm³/mol. The van der Waals surface area contributed by atoms with Crippen LogP contribution in [-0.4, -0.2) is 30.5 Å². The predicted octanol–water partition coefficient (Wildman–Crippen LogP) is 2.94. The Morgan fingerprint density at radius 1 is 1.10 bits per heavy atom. The highest BCUT2D eigenvalue weighted by Gasteiger charge is 2.34. The summed E-state index contributed by atoms with van der Waals surface area (Å²) in [5.74, 6) is -0.432. The molecule has 3 nitrogen and oxygen atoms in total. The van der Waals surface area contributed by atoms with Gasteiger partial charge in [-0.05, 0) is 37.1 Å². The zero-order chi connectivity index (χ0) is 14.7. The molecule has 2 amide bonds. The molecule has 0 unspecified atom stereocenters. The van der Waals surface area contributed by atoms with Crippen LogP contribution in [0, 0.1) is 0 Å².